The van der Waals surface area contributed by atoms with E-state index < -0.39 is 33.9 Å². The van der Waals surface area contributed by atoms with Gasteiger partial charge in [0.15, 0.2) is 0 Å². The third-order valence-electron chi connectivity index (χ3n) is 4.96. The summed E-state index contributed by atoms with van der Waals surface area (Å²) >= 11 is 0. The van der Waals surface area contributed by atoms with Crippen molar-refractivity contribution in [2.24, 2.45) is 5.92 Å². The Hall–Kier alpha value is -2.66. The van der Waals surface area contributed by atoms with Crippen LogP contribution in [0.2, 0.25) is 0 Å². The average molecular weight is 460 g/mol. The summed E-state index contributed by atoms with van der Waals surface area (Å²) in [6.07, 6.45) is -4.50. The summed E-state index contributed by atoms with van der Waals surface area (Å²) in [7, 11) is -4.06. The van der Waals surface area contributed by atoms with Gasteiger partial charge >= 0.3 is 6.36 Å². The molecule has 0 atom stereocenters. The lowest BCUT2D eigenvalue weighted by atomic mass is 9.97. The van der Waals surface area contributed by atoms with E-state index in [0.29, 0.717) is 11.3 Å². The quantitative estimate of drug-likeness (QED) is 0.683. The first-order valence-electron chi connectivity index (χ1n) is 9.39. The molecule has 0 aliphatic carbocycles. The molecule has 0 unspecified atom stereocenters. The molecular formula is C20H20F4N2O4S. The Morgan fingerprint density at radius 1 is 1.13 bits per heavy atom. The molecule has 1 aliphatic heterocycles. The van der Waals surface area contributed by atoms with Crippen molar-refractivity contribution >= 4 is 21.6 Å². The Balaban J connectivity index is 1.65. The van der Waals surface area contributed by atoms with Crippen LogP contribution in [0.15, 0.2) is 47.4 Å². The van der Waals surface area contributed by atoms with Crippen LogP contribution < -0.4 is 10.1 Å². The highest BCUT2D eigenvalue weighted by atomic mass is 32.2. The zero-order chi connectivity index (χ0) is 22.8. The van der Waals surface area contributed by atoms with Crippen LogP contribution in [0.25, 0.3) is 0 Å². The number of benzene rings is 2. The number of amides is 1. The van der Waals surface area contributed by atoms with Gasteiger partial charge in [0, 0.05) is 30.8 Å². The fraction of sp³-hybridized carbons (Fsp3) is 0.350. The third-order valence-corrected chi connectivity index (χ3v) is 6.85. The molecule has 0 saturated carbocycles. The lowest BCUT2D eigenvalue weighted by Gasteiger charge is -2.30. The molecule has 6 nitrogen and oxygen atoms in total. The molecule has 2 aromatic carbocycles. The molecule has 0 radical (unpaired) electrons. The summed E-state index contributed by atoms with van der Waals surface area (Å²) in [5.74, 6) is -1.94. The topological polar surface area (TPSA) is 75.7 Å². The van der Waals surface area contributed by atoms with E-state index in [1.807, 2.05) is 0 Å². The van der Waals surface area contributed by atoms with Crippen LogP contribution >= 0.6 is 0 Å². The molecule has 1 saturated heterocycles. The van der Waals surface area contributed by atoms with Gasteiger partial charge < -0.3 is 10.1 Å². The van der Waals surface area contributed by atoms with Gasteiger partial charge in [-0.15, -0.1) is 13.2 Å². The lowest BCUT2D eigenvalue weighted by molar-refractivity contribution is -0.274. The van der Waals surface area contributed by atoms with Crippen molar-refractivity contribution in [2.45, 2.75) is 31.0 Å². The zero-order valence-corrected chi connectivity index (χ0v) is 17.3. The van der Waals surface area contributed by atoms with E-state index in [9.17, 15) is 30.8 Å². The van der Waals surface area contributed by atoms with Gasteiger partial charge in [0.2, 0.25) is 15.9 Å². The Morgan fingerprint density at radius 2 is 1.81 bits per heavy atom. The second kappa shape index (κ2) is 8.83. The summed E-state index contributed by atoms with van der Waals surface area (Å²) in [6.45, 7) is 1.76. The Bertz CT molecular complexity index is 1070. The third kappa shape index (κ3) is 5.73. The van der Waals surface area contributed by atoms with Crippen LogP contribution in [0, 0.1) is 18.7 Å². The van der Waals surface area contributed by atoms with E-state index in [1.54, 1.807) is 6.92 Å². The van der Waals surface area contributed by atoms with Crippen molar-refractivity contribution in [3.8, 4) is 5.75 Å². The summed E-state index contributed by atoms with van der Waals surface area (Å²) in [6, 6.07) is 8.20. The number of nitrogens with zero attached hydrogens (tertiary/aromatic N) is 1. The molecule has 1 aliphatic rings. The van der Waals surface area contributed by atoms with Gasteiger partial charge in [-0.1, -0.05) is 12.1 Å². The molecule has 1 N–H and O–H groups in total. The standard InChI is InChI=1S/C20H20F4N2O4S/c1-13-5-6-15(21)11-18(13)25-19(27)14-7-9-26(10-8-14)31(28,29)17-4-2-3-16(12-17)30-20(22,23)24/h2-6,11-12,14H,7-10H2,1H3,(H,25,27). The van der Waals surface area contributed by atoms with Gasteiger partial charge in [-0.2, -0.15) is 4.31 Å². The molecule has 168 valence electrons. The number of aryl methyl sites for hydroxylation is 1. The van der Waals surface area contributed by atoms with Crippen molar-refractivity contribution in [3.63, 3.8) is 0 Å². The normalized spacial score (nSPS) is 16.2. The van der Waals surface area contributed by atoms with Crippen molar-refractivity contribution in [1.82, 2.24) is 4.31 Å². The minimum absolute atomic E-state index is 0.0207. The monoisotopic (exact) mass is 460 g/mol. The van der Waals surface area contributed by atoms with E-state index in [0.717, 1.165) is 22.5 Å². The molecule has 0 aromatic heterocycles. The van der Waals surface area contributed by atoms with Crippen molar-refractivity contribution in [2.75, 3.05) is 18.4 Å². The van der Waals surface area contributed by atoms with Crippen LogP contribution in [-0.4, -0.2) is 38.1 Å². The van der Waals surface area contributed by atoms with E-state index in [1.165, 1.54) is 24.3 Å². The highest BCUT2D eigenvalue weighted by Gasteiger charge is 2.34. The first-order valence-corrected chi connectivity index (χ1v) is 10.8. The smallest absolute Gasteiger partial charge is 0.406 e. The lowest BCUT2D eigenvalue weighted by Crippen LogP contribution is -2.41. The number of anilines is 1. The van der Waals surface area contributed by atoms with Gasteiger partial charge in [0.25, 0.3) is 0 Å². The first-order chi connectivity index (χ1) is 14.5. The molecular weight excluding hydrogens is 440 g/mol. The largest absolute Gasteiger partial charge is 0.573 e. The molecule has 1 amide bonds. The van der Waals surface area contributed by atoms with Crippen molar-refractivity contribution < 1.29 is 35.5 Å². The molecule has 3 rings (SSSR count). The summed E-state index contributed by atoms with van der Waals surface area (Å²) in [4.78, 5) is 12.2. The second-order valence-corrected chi connectivity index (χ2v) is 9.09. The summed E-state index contributed by atoms with van der Waals surface area (Å²) < 4.78 is 81.1. The minimum atomic E-state index is -4.94. The maximum absolute atomic E-state index is 13.4. The van der Waals surface area contributed by atoms with Gasteiger partial charge in [0.05, 0.1) is 4.90 Å². The van der Waals surface area contributed by atoms with Crippen molar-refractivity contribution in [3.05, 3.63) is 53.8 Å². The van der Waals surface area contributed by atoms with Crippen molar-refractivity contribution in [1.29, 1.82) is 0 Å². The minimum Gasteiger partial charge on any atom is -0.406 e. The number of ether oxygens (including phenoxy) is 1. The molecule has 0 spiro atoms. The fourth-order valence-corrected chi connectivity index (χ4v) is 4.81. The molecule has 1 heterocycles. The number of piperidine rings is 1. The highest BCUT2D eigenvalue weighted by molar-refractivity contribution is 7.89. The van der Waals surface area contributed by atoms with Crippen LogP contribution in [0.1, 0.15) is 18.4 Å². The van der Waals surface area contributed by atoms with Crippen LogP contribution in [0.5, 0.6) is 5.75 Å². The summed E-state index contributed by atoms with van der Waals surface area (Å²) in [5, 5.41) is 2.67. The number of rotatable bonds is 5. The fourth-order valence-electron chi connectivity index (χ4n) is 3.30. The van der Waals surface area contributed by atoms with Gasteiger partial charge in [-0.05, 0) is 49.6 Å². The Morgan fingerprint density at radius 3 is 2.45 bits per heavy atom. The number of alkyl halides is 3. The number of carbonyl (C=O) groups excluding carboxylic acids is 1. The van der Waals surface area contributed by atoms with Crippen LogP contribution in [0.3, 0.4) is 0 Å². The number of sulfonamides is 1. The predicted octanol–water partition coefficient (Wildman–Crippen LogP) is 4.07. The number of halogens is 4. The maximum atomic E-state index is 13.4. The zero-order valence-electron chi connectivity index (χ0n) is 16.4. The van der Waals surface area contributed by atoms with E-state index in [4.69, 9.17) is 0 Å². The molecule has 0 bridgehead atoms. The van der Waals surface area contributed by atoms with Gasteiger partial charge in [-0.3, -0.25) is 4.79 Å². The van der Waals surface area contributed by atoms with Crippen LogP contribution in [0.4, 0.5) is 23.2 Å². The SMILES string of the molecule is Cc1ccc(F)cc1NC(=O)C1CCN(S(=O)(=O)c2cccc(OC(F)(F)F)c2)CC1. The molecule has 2 aromatic rings. The average Bonchev–Trinajstić information content (AvgIpc) is 2.70. The predicted molar refractivity (Wildman–Crippen MR) is 104 cm³/mol. The maximum Gasteiger partial charge on any atom is 0.573 e. The Labute approximate surface area is 176 Å². The number of carbonyl (C=O) groups is 1. The van der Waals surface area contributed by atoms with E-state index in [-0.39, 0.29) is 36.7 Å². The highest BCUT2D eigenvalue weighted by Crippen LogP contribution is 2.29. The molecule has 31 heavy (non-hydrogen) atoms. The van der Waals surface area contributed by atoms with Gasteiger partial charge in [-0.25, -0.2) is 12.8 Å². The number of hydrogen-bond donors (Lipinski definition) is 1. The molecule has 11 heteroatoms. The van der Waals surface area contributed by atoms with Gasteiger partial charge in [0.1, 0.15) is 11.6 Å². The summed E-state index contributed by atoms with van der Waals surface area (Å²) in [5.41, 5.74) is 1.04. The molecule has 1 fully saturated rings. The van der Waals surface area contributed by atoms with Crippen LogP contribution in [-0.2, 0) is 14.8 Å². The first kappa shape index (κ1) is 23.0. The number of nitrogens with one attached hydrogen (secondary N) is 1. The Kier molecular flexibility index (Phi) is 6.56. The number of hydrogen-bond acceptors (Lipinski definition) is 4. The van der Waals surface area contributed by atoms with E-state index in [2.05, 4.69) is 10.1 Å². The second-order valence-electron chi connectivity index (χ2n) is 7.15. The van der Waals surface area contributed by atoms with E-state index >= 15 is 0 Å².